The molecule has 7 nitrogen and oxygen atoms in total. The molecule has 0 fully saturated rings. The maximum Gasteiger partial charge on any atom is 0.262 e. The highest BCUT2D eigenvalue weighted by Gasteiger charge is 2.21. The summed E-state index contributed by atoms with van der Waals surface area (Å²) in [6.07, 6.45) is 0.0973. The van der Waals surface area contributed by atoms with Gasteiger partial charge in [-0.3, -0.25) is 9.52 Å². The molecule has 0 atom stereocenters. The summed E-state index contributed by atoms with van der Waals surface area (Å²) in [5.74, 6) is 0.0334. The van der Waals surface area contributed by atoms with E-state index in [1.54, 1.807) is 43.3 Å². The molecular weight excluding hydrogens is 452 g/mol. The van der Waals surface area contributed by atoms with Crippen molar-refractivity contribution in [3.63, 3.8) is 0 Å². The summed E-state index contributed by atoms with van der Waals surface area (Å²) < 4.78 is 39.7. The smallest absolute Gasteiger partial charge is 0.262 e. The second-order valence-electron chi connectivity index (χ2n) is 8.10. The van der Waals surface area contributed by atoms with Crippen LogP contribution in [0.2, 0.25) is 0 Å². The summed E-state index contributed by atoms with van der Waals surface area (Å²) in [4.78, 5) is 12.9. The number of hydrogen-bond acceptors (Lipinski definition) is 5. The Labute approximate surface area is 201 Å². The molecule has 3 aromatic rings. The van der Waals surface area contributed by atoms with Crippen molar-refractivity contribution in [1.29, 1.82) is 0 Å². The van der Waals surface area contributed by atoms with Crippen LogP contribution in [0, 0.1) is 6.92 Å². The van der Waals surface area contributed by atoms with Crippen LogP contribution in [0.3, 0.4) is 0 Å². The van der Waals surface area contributed by atoms with E-state index >= 15 is 0 Å². The van der Waals surface area contributed by atoms with E-state index in [-0.39, 0.29) is 22.5 Å². The Morgan fingerprint density at radius 3 is 2.35 bits per heavy atom. The third-order valence-electron chi connectivity index (χ3n) is 5.22. The van der Waals surface area contributed by atoms with Gasteiger partial charge in [0.05, 0.1) is 30.4 Å². The lowest BCUT2D eigenvalue weighted by Crippen LogP contribution is -2.24. The summed E-state index contributed by atoms with van der Waals surface area (Å²) in [5, 5.41) is 2.88. The van der Waals surface area contributed by atoms with Gasteiger partial charge in [-0.1, -0.05) is 42.5 Å². The standard InChI is InChI=1S/C26H30N2O5S/c1-18(2)33-17-22-10-6-5-9-21(22)16-27-26(29)20-14-13-19(3)25(15-20)34(30,31)28-23-11-7-8-12-24(23)32-4/h5-15,18,28H,16-17H2,1-4H3,(H,27,29). The third kappa shape index (κ3) is 6.36. The van der Waals surface area contributed by atoms with Crippen LogP contribution >= 0.6 is 0 Å². The first kappa shape index (κ1) is 25.3. The summed E-state index contributed by atoms with van der Waals surface area (Å²) >= 11 is 0. The van der Waals surface area contributed by atoms with Gasteiger partial charge in [0, 0.05) is 12.1 Å². The molecule has 0 radical (unpaired) electrons. The molecule has 3 rings (SSSR count). The number of aryl methyl sites for hydroxylation is 1. The maximum absolute atomic E-state index is 13.1. The number of hydrogen-bond donors (Lipinski definition) is 2. The molecule has 180 valence electrons. The summed E-state index contributed by atoms with van der Waals surface area (Å²) in [6.45, 7) is 6.37. The topological polar surface area (TPSA) is 93.7 Å². The van der Waals surface area contributed by atoms with E-state index in [4.69, 9.17) is 9.47 Å². The molecule has 0 aliphatic rings. The number of rotatable bonds is 10. The highest BCUT2D eigenvalue weighted by Crippen LogP contribution is 2.27. The van der Waals surface area contributed by atoms with Gasteiger partial charge in [-0.25, -0.2) is 8.42 Å². The van der Waals surface area contributed by atoms with Crippen LogP contribution in [-0.4, -0.2) is 27.5 Å². The Bertz CT molecular complexity index is 1260. The molecule has 8 heteroatoms. The van der Waals surface area contributed by atoms with Crippen molar-refractivity contribution >= 4 is 21.6 Å². The van der Waals surface area contributed by atoms with Crippen LogP contribution in [0.15, 0.2) is 71.6 Å². The quantitative estimate of drug-likeness (QED) is 0.438. The minimum Gasteiger partial charge on any atom is -0.495 e. The van der Waals surface area contributed by atoms with Crippen molar-refractivity contribution in [1.82, 2.24) is 5.32 Å². The van der Waals surface area contributed by atoms with E-state index in [0.717, 1.165) is 11.1 Å². The second-order valence-corrected chi connectivity index (χ2v) is 9.75. The van der Waals surface area contributed by atoms with E-state index in [1.165, 1.54) is 13.2 Å². The fraction of sp³-hybridized carbons (Fsp3) is 0.269. The van der Waals surface area contributed by atoms with Gasteiger partial charge >= 0.3 is 0 Å². The molecule has 1 amide bonds. The van der Waals surface area contributed by atoms with Gasteiger partial charge in [-0.2, -0.15) is 0 Å². The fourth-order valence-electron chi connectivity index (χ4n) is 3.36. The minimum absolute atomic E-state index is 0.0248. The molecule has 3 aromatic carbocycles. The van der Waals surface area contributed by atoms with E-state index in [2.05, 4.69) is 10.0 Å². The van der Waals surface area contributed by atoms with Crippen LogP contribution in [0.25, 0.3) is 0 Å². The van der Waals surface area contributed by atoms with Crippen LogP contribution in [0.1, 0.15) is 40.9 Å². The van der Waals surface area contributed by atoms with Gasteiger partial charge in [0.25, 0.3) is 15.9 Å². The lowest BCUT2D eigenvalue weighted by Gasteiger charge is -2.15. The number of amides is 1. The van der Waals surface area contributed by atoms with Crippen molar-refractivity contribution in [2.24, 2.45) is 0 Å². The zero-order chi connectivity index (χ0) is 24.7. The number of methoxy groups -OCH3 is 1. The highest BCUT2D eigenvalue weighted by atomic mass is 32.2. The van der Waals surface area contributed by atoms with E-state index in [9.17, 15) is 13.2 Å². The average molecular weight is 483 g/mol. The Kier molecular flexibility index (Phi) is 8.31. The average Bonchev–Trinajstić information content (AvgIpc) is 2.82. The lowest BCUT2D eigenvalue weighted by molar-refractivity contribution is 0.0651. The molecule has 34 heavy (non-hydrogen) atoms. The SMILES string of the molecule is COc1ccccc1NS(=O)(=O)c1cc(C(=O)NCc2ccccc2COC(C)C)ccc1C. The molecule has 0 heterocycles. The molecule has 0 aromatic heterocycles. The van der Waals surface area contributed by atoms with Gasteiger partial charge < -0.3 is 14.8 Å². The van der Waals surface area contributed by atoms with Crippen molar-refractivity contribution in [2.75, 3.05) is 11.8 Å². The first-order valence-electron chi connectivity index (χ1n) is 10.9. The number of ether oxygens (including phenoxy) is 2. The van der Waals surface area contributed by atoms with Crippen molar-refractivity contribution in [2.45, 2.75) is 44.9 Å². The number of sulfonamides is 1. The largest absolute Gasteiger partial charge is 0.495 e. The number of anilines is 1. The lowest BCUT2D eigenvalue weighted by atomic mass is 10.1. The number of benzene rings is 3. The molecule has 2 N–H and O–H groups in total. The van der Waals surface area contributed by atoms with Crippen LogP contribution in [0.5, 0.6) is 5.75 Å². The predicted molar refractivity (Wildman–Crippen MR) is 133 cm³/mol. The maximum atomic E-state index is 13.1. The van der Waals surface area contributed by atoms with Crippen molar-refractivity contribution in [3.8, 4) is 5.75 Å². The number of carbonyl (C=O) groups excluding carboxylic acids is 1. The zero-order valence-electron chi connectivity index (χ0n) is 19.8. The molecule has 0 saturated heterocycles. The molecule has 0 aliphatic carbocycles. The van der Waals surface area contributed by atoms with Crippen molar-refractivity contribution in [3.05, 3.63) is 89.0 Å². The van der Waals surface area contributed by atoms with Crippen LogP contribution in [0.4, 0.5) is 5.69 Å². The molecule has 0 unspecified atom stereocenters. The Morgan fingerprint density at radius 1 is 0.971 bits per heavy atom. The summed E-state index contributed by atoms with van der Waals surface area (Å²) in [5.41, 5.74) is 3.02. The van der Waals surface area contributed by atoms with Crippen LogP contribution < -0.4 is 14.8 Å². The van der Waals surface area contributed by atoms with Crippen LogP contribution in [-0.2, 0) is 27.9 Å². The molecule has 0 saturated carbocycles. The Balaban J connectivity index is 1.78. The molecule has 0 aliphatic heterocycles. The number of carbonyl (C=O) groups is 1. The summed E-state index contributed by atoms with van der Waals surface area (Å²) in [7, 11) is -2.48. The fourth-order valence-corrected chi connectivity index (χ4v) is 4.71. The van der Waals surface area contributed by atoms with E-state index in [1.807, 2.05) is 38.1 Å². The highest BCUT2D eigenvalue weighted by molar-refractivity contribution is 7.92. The normalized spacial score (nSPS) is 11.3. The zero-order valence-corrected chi connectivity index (χ0v) is 20.6. The predicted octanol–water partition coefficient (Wildman–Crippen LogP) is 4.66. The van der Waals surface area contributed by atoms with Gasteiger partial charge in [0.1, 0.15) is 5.75 Å². The summed E-state index contributed by atoms with van der Waals surface area (Å²) in [6, 6.07) is 19.1. The second kappa shape index (κ2) is 11.2. The first-order chi connectivity index (χ1) is 16.2. The molecule has 0 bridgehead atoms. The van der Waals surface area contributed by atoms with E-state index < -0.39 is 10.0 Å². The third-order valence-corrected chi connectivity index (χ3v) is 6.73. The van der Waals surface area contributed by atoms with E-state index in [0.29, 0.717) is 30.2 Å². The number of nitrogens with one attached hydrogen (secondary N) is 2. The van der Waals surface area contributed by atoms with Gasteiger partial charge in [0.15, 0.2) is 0 Å². The molecule has 0 spiro atoms. The minimum atomic E-state index is -3.95. The van der Waals surface area contributed by atoms with Crippen molar-refractivity contribution < 1.29 is 22.7 Å². The Hall–Kier alpha value is -3.36. The first-order valence-corrected chi connectivity index (χ1v) is 12.4. The monoisotopic (exact) mass is 482 g/mol. The number of para-hydroxylation sites is 2. The Morgan fingerprint density at radius 2 is 1.65 bits per heavy atom. The molecular formula is C26H30N2O5S. The van der Waals surface area contributed by atoms with Gasteiger partial charge in [0.2, 0.25) is 0 Å². The van der Waals surface area contributed by atoms with Gasteiger partial charge in [-0.15, -0.1) is 0 Å². The van der Waals surface area contributed by atoms with Gasteiger partial charge in [-0.05, 0) is 61.7 Å².